The molecule has 0 unspecified atom stereocenters. The number of amides is 4. The summed E-state index contributed by atoms with van der Waals surface area (Å²) in [6, 6.07) is 3.05. The molecule has 0 spiro atoms. The maximum Gasteiger partial charge on any atom is 0.320 e. The number of Topliss-reactive ketones (excluding diaryl/α,β-unsaturated/α-hetero) is 2. The first-order chi connectivity index (χ1) is 45.8. The molecule has 1 aromatic rings. The van der Waals surface area contributed by atoms with E-state index in [1.165, 1.54) is 26.8 Å². The molecule has 5 atom stereocenters. The lowest BCUT2D eigenvalue weighted by Crippen LogP contribution is -2.57. The van der Waals surface area contributed by atoms with E-state index in [4.69, 9.17) is 5.11 Å². The summed E-state index contributed by atoms with van der Waals surface area (Å²) in [6.07, 6.45) is 1.12. The molecule has 30 nitrogen and oxygen atoms in total. The third-order valence-electron chi connectivity index (χ3n) is 17.4. The van der Waals surface area contributed by atoms with Crippen molar-refractivity contribution < 1.29 is 112 Å². The van der Waals surface area contributed by atoms with Crippen LogP contribution in [0.3, 0.4) is 0 Å². The smallest absolute Gasteiger partial charge is 0.320 e. The minimum Gasteiger partial charge on any atom is -0.481 e. The molecular formula is C66H105FN8O22Si. The van der Waals surface area contributed by atoms with E-state index in [0.29, 0.717) is 50.1 Å². The SMILES string of the molecule is CC(C)(C)[Si](F)(c1ccc(C(=O)NC[C@@H](NC(=O)CC[C@H](C(=O)O)N2CCN(CC(=O)O)CCN(CC(=O)O)CCN(CC(=O)O)CC2)C(=O)C[C@@H](CCCCNC(=O)CCCCCCC(=O)NCCCC[C@H](CC(=O)C[C@@H](CCC(=O)O)C(=O)O)C(=O)O)C(=O)O)cc1)C(C)(C)C. The summed E-state index contributed by atoms with van der Waals surface area (Å²) in [7, 11) is -3.73. The van der Waals surface area contributed by atoms with Crippen molar-refractivity contribution in [3.8, 4) is 0 Å². The number of unbranched alkanes of at least 4 members (excludes halogenated alkanes) is 5. The van der Waals surface area contributed by atoms with Gasteiger partial charge in [-0.1, -0.05) is 79.4 Å². The number of carboxylic acids is 8. The summed E-state index contributed by atoms with van der Waals surface area (Å²) >= 11 is 0. The molecule has 4 amide bonds. The standard InChI is InChI=1S/C66H105FN8O22Si/c1-65(2,3)98(67,66(4,5)6)49-22-19-44(20-23-49)60(89)70-40-50(71-55(80)25-24-51(64(96)97)75-35-33-73(42-58(85)86)31-29-72(41-57(83)84)30-32-74(34-36-75)43-59(87)88)52(77)39-46(62(92)93)16-12-14-28-69-54(79)18-10-8-7-9-17-53(78)68-27-13-11-15-45(61(90)91)37-48(76)38-47(63(94)95)21-26-56(81)82/h19-20,22-23,45-47,50-51H,7-18,21,24-43H2,1-6H3,(H,68,78)(H,69,79)(H,70,89)(H,71,80)(H,81,82)(H,83,84)(H,85,86)(H,87,88)(H,90,91)(H,92,93)(H,94,95)(H,96,97)/t45-,46-,47-,50-,51-/m1/s1. The minimum absolute atomic E-state index is 0.0198. The van der Waals surface area contributed by atoms with E-state index < -0.39 is 178 Å². The van der Waals surface area contributed by atoms with Crippen molar-refractivity contribution >= 4 is 96.5 Å². The molecule has 0 saturated carbocycles. The number of hydrogen-bond donors (Lipinski definition) is 12. The first-order valence-electron chi connectivity index (χ1n) is 33.5. The second-order valence-corrected chi connectivity index (χ2v) is 32.2. The Labute approximate surface area is 572 Å². The lowest BCUT2D eigenvalue weighted by Gasteiger charge is -2.44. The fraction of sp³-hybridized carbons (Fsp3) is 0.697. The number of benzene rings is 1. The fourth-order valence-corrected chi connectivity index (χ4v) is 16.7. The second kappa shape index (κ2) is 43.6. The van der Waals surface area contributed by atoms with Crippen molar-refractivity contribution in [2.24, 2.45) is 17.8 Å². The molecule has 0 aliphatic carbocycles. The molecule has 0 bridgehead atoms. The zero-order chi connectivity index (χ0) is 73.9. The largest absolute Gasteiger partial charge is 0.481 e. The van der Waals surface area contributed by atoms with Gasteiger partial charge >= 0.3 is 47.8 Å². The predicted octanol–water partition coefficient (Wildman–Crippen LogP) is 3.52. The van der Waals surface area contributed by atoms with Crippen LogP contribution in [0.2, 0.25) is 10.1 Å². The summed E-state index contributed by atoms with van der Waals surface area (Å²) in [5, 5.41) is 87.3. The number of nitrogens with one attached hydrogen (secondary N) is 4. The lowest BCUT2D eigenvalue weighted by atomic mass is 9.90. The van der Waals surface area contributed by atoms with Crippen molar-refractivity contribution in [2.45, 2.75) is 186 Å². The highest BCUT2D eigenvalue weighted by Crippen LogP contribution is 2.51. The Hall–Kier alpha value is -7.81. The van der Waals surface area contributed by atoms with Crippen LogP contribution in [0, 0.1) is 17.8 Å². The molecule has 552 valence electrons. The van der Waals surface area contributed by atoms with Crippen LogP contribution in [-0.4, -0.2) is 256 Å². The van der Waals surface area contributed by atoms with Crippen LogP contribution in [0.15, 0.2) is 24.3 Å². The third kappa shape index (κ3) is 33.2. The second-order valence-electron chi connectivity index (χ2n) is 27.3. The number of carbonyl (C=O) groups is 14. The molecule has 1 aliphatic heterocycles. The predicted molar refractivity (Wildman–Crippen MR) is 357 cm³/mol. The molecule has 98 heavy (non-hydrogen) atoms. The molecule has 1 heterocycles. The van der Waals surface area contributed by atoms with Gasteiger partial charge in [0.15, 0.2) is 5.78 Å². The first kappa shape index (κ1) is 86.3. The molecule has 12 N–H and O–H groups in total. The summed E-state index contributed by atoms with van der Waals surface area (Å²) in [5.41, 5.74) is 0.0947. The van der Waals surface area contributed by atoms with Crippen LogP contribution in [0.4, 0.5) is 4.11 Å². The van der Waals surface area contributed by atoms with Crippen LogP contribution in [0.5, 0.6) is 0 Å². The van der Waals surface area contributed by atoms with E-state index in [2.05, 4.69) is 21.3 Å². The lowest BCUT2D eigenvalue weighted by molar-refractivity contribution is -0.146. The van der Waals surface area contributed by atoms with Gasteiger partial charge in [-0.2, -0.15) is 0 Å². The number of carboxylic acid groups (broad SMARTS) is 8. The molecule has 1 aliphatic rings. The Morgan fingerprint density at radius 1 is 0.449 bits per heavy atom. The normalized spacial score (nSPS) is 15.7. The summed E-state index contributed by atoms with van der Waals surface area (Å²) in [6.45, 7) is 9.63. The maximum atomic E-state index is 17.1. The average Bonchev–Trinajstić information content (AvgIpc) is 0.749. The number of aliphatic carboxylic acids is 8. The number of halogens is 1. The van der Waals surface area contributed by atoms with Gasteiger partial charge in [0.25, 0.3) is 14.3 Å². The van der Waals surface area contributed by atoms with Gasteiger partial charge in [-0.3, -0.25) is 86.7 Å². The zero-order valence-corrected chi connectivity index (χ0v) is 58.5. The Morgan fingerprint density at radius 2 is 0.857 bits per heavy atom. The Morgan fingerprint density at radius 3 is 1.24 bits per heavy atom. The van der Waals surface area contributed by atoms with Gasteiger partial charge in [-0.25, -0.2) is 0 Å². The van der Waals surface area contributed by atoms with Crippen LogP contribution in [0.1, 0.15) is 174 Å². The average molecular weight is 1410 g/mol. The van der Waals surface area contributed by atoms with E-state index >= 15 is 4.11 Å². The number of ketones is 2. The van der Waals surface area contributed by atoms with Crippen molar-refractivity contribution in [3.05, 3.63) is 29.8 Å². The number of hydrogen-bond acceptors (Lipinski definition) is 18. The van der Waals surface area contributed by atoms with Gasteiger partial charge < -0.3 is 66.2 Å². The van der Waals surface area contributed by atoms with Gasteiger partial charge in [-0.15, -0.1) is 0 Å². The molecule has 1 aromatic carbocycles. The molecule has 32 heteroatoms. The van der Waals surface area contributed by atoms with Crippen LogP contribution in [0.25, 0.3) is 0 Å². The molecular weight excluding hydrogens is 1300 g/mol. The zero-order valence-electron chi connectivity index (χ0n) is 57.5. The Bertz CT molecular complexity index is 2810. The summed E-state index contributed by atoms with van der Waals surface area (Å²) in [4.78, 5) is 180. The third-order valence-corrected chi connectivity index (χ3v) is 22.7. The van der Waals surface area contributed by atoms with Crippen molar-refractivity contribution in [3.63, 3.8) is 0 Å². The van der Waals surface area contributed by atoms with Crippen LogP contribution >= 0.6 is 0 Å². The van der Waals surface area contributed by atoms with Crippen LogP contribution < -0.4 is 26.5 Å². The van der Waals surface area contributed by atoms with Gasteiger partial charge in [0.1, 0.15) is 17.9 Å². The van der Waals surface area contributed by atoms with E-state index in [-0.39, 0.29) is 128 Å². The van der Waals surface area contributed by atoms with Crippen molar-refractivity contribution in [2.75, 3.05) is 91.6 Å². The monoisotopic (exact) mass is 1410 g/mol. The molecule has 0 radical (unpaired) electrons. The quantitative estimate of drug-likeness (QED) is 0.0252. The minimum atomic E-state index is -3.73. The number of rotatable bonds is 46. The molecule has 1 saturated heterocycles. The fourth-order valence-electron chi connectivity index (χ4n) is 12.1. The maximum absolute atomic E-state index is 17.1. The van der Waals surface area contributed by atoms with E-state index in [1.54, 1.807) is 17.0 Å². The highest BCUT2D eigenvalue weighted by molar-refractivity contribution is 6.90. The highest BCUT2D eigenvalue weighted by atomic mass is 28.4. The van der Waals surface area contributed by atoms with Crippen LogP contribution in [-0.2, 0) is 62.3 Å². The summed E-state index contributed by atoms with van der Waals surface area (Å²) in [5.74, 6) is -17.0. The van der Waals surface area contributed by atoms with Gasteiger partial charge in [-0.05, 0) is 78.8 Å². The Kier molecular flexibility index (Phi) is 38.3. The molecule has 2 rings (SSSR count). The summed E-state index contributed by atoms with van der Waals surface area (Å²) < 4.78 is 17.1. The van der Waals surface area contributed by atoms with Gasteiger partial charge in [0, 0.05) is 123 Å². The first-order valence-corrected chi connectivity index (χ1v) is 35.4. The van der Waals surface area contributed by atoms with E-state index in [0.717, 1.165) is 0 Å². The molecule has 0 aromatic heterocycles. The topological polar surface area (TPSA) is 462 Å². The number of carbonyl (C=O) groups excluding carboxylic acids is 6. The number of nitrogens with zero attached hydrogens (tertiary/aromatic N) is 4. The van der Waals surface area contributed by atoms with E-state index in [9.17, 15) is 103 Å². The van der Waals surface area contributed by atoms with E-state index in [1.807, 2.05) is 41.5 Å². The van der Waals surface area contributed by atoms with Gasteiger partial charge in [0.2, 0.25) is 17.7 Å². The van der Waals surface area contributed by atoms with Gasteiger partial charge in [0.05, 0.1) is 37.4 Å². The highest BCUT2D eigenvalue weighted by Gasteiger charge is 2.56. The molecule has 1 fully saturated rings. The Balaban J connectivity index is 2.09. The van der Waals surface area contributed by atoms with Crippen molar-refractivity contribution in [1.29, 1.82) is 0 Å². The van der Waals surface area contributed by atoms with Crippen molar-refractivity contribution in [1.82, 2.24) is 40.9 Å².